The molecule has 1 aliphatic rings. The van der Waals surface area contributed by atoms with Gasteiger partial charge in [-0.05, 0) is 13.3 Å². The van der Waals surface area contributed by atoms with E-state index < -0.39 is 0 Å². The first kappa shape index (κ1) is 13.1. The number of nitrogens with zero attached hydrogens (tertiary/aromatic N) is 4. The molecule has 0 spiro atoms. The first-order valence-corrected chi connectivity index (χ1v) is 6.59. The van der Waals surface area contributed by atoms with Crippen molar-refractivity contribution in [1.29, 1.82) is 0 Å². The third-order valence-corrected chi connectivity index (χ3v) is 3.32. The molecule has 0 bridgehead atoms. The van der Waals surface area contributed by atoms with Gasteiger partial charge < -0.3 is 9.47 Å². The first-order chi connectivity index (χ1) is 8.36. The molecule has 0 unspecified atom stereocenters. The molecule has 0 aliphatic carbocycles. The Hall–Kier alpha value is -1.39. The van der Waals surface area contributed by atoms with Crippen molar-refractivity contribution >= 4 is 5.91 Å². The maximum atomic E-state index is 12.3. The van der Waals surface area contributed by atoms with Crippen LogP contribution in [0.5, 0.6) is 0 Å². The van der Waals surface area contributed by atoms with E-state index in [0.29, 0.717) is 6.54 Å². The van der Waals surface area contributed by atoms with Crippen molar-refractivity contribution in [2.45, 2.75) is 59.0 Å². The van der Waals surface area contributed by atoms with Gasteiger partial charge in [0.2, 0.25) is 5.91 Å². The molecule has 2 heterocycles. The van der Waals surface area contributed by atoms with Gasteiger partial charge in [0, 0.05) is 12.0 Å². The van der Waals surface area contributed by atoms with Crippen LogP contribution in [0.25, 0.3) is 0 Å². The minimum absolute atomic E-state index is 0.0906. The van der Waals surface area contributed by atoms with Crippen LogP contribution >= 0.6 is 0 Å². The van der Waals surface area contributed by atoms with Gasteiger partial charge in [-0.25, -0.2) is 0 Å². The van der Waals surface area contributed by atoms with Gasteiger partial charge in [-0.15, -0.1) is 10.2 Å². The van der Waals surface area contributed by atoms with Crippen LogP contribution < -0.4 is 0 Å². The molecule has 1 aromatic heterocycles. The Morgan fingerprint density at radius 1 is 1.33 bits per heavy atom. The van der Waals surface area contributed by atoms with Crippen molar-refractivity contribution in [2.24, 2.45) is 0 Å². The highest BCUT2D eigenvalue weighted by Crippen LogP contribution is 2.29. The Morgan fingerprint density at radius 3 is 2.56 bits per heavy atom. The molecule has 0 radical (unpaired) electrons. The van der Waals surface area contributed by atoms with E-state index in [1.54, 1.807) is 0 Å². The van der Waals surface area contributed by atoms with Crippen molar-refractivity contribution in [1.82, 2.24) is 19.7 Å². The SMILES string of the molecule is CCCN1Cc2nnc(C(C)(C)C)n2[C@H](C)C1=O. The normalized spacial score (nSPS) is 20.2. The largest absolute Gasteiger partial charge is 0.333 e. The number of carbonyl (C=O) groups is 1. The summed E-state index contributed by atoms with van der Waals surface area (Å²) in [5.41, 5.74) is -0.0906. The van der Waals surface area contributed by atoms with Gasteiger partial charge in [-0.3, -0.25) is 4.79 Å². The summed E-state index contributed by atoms with van der Waals surface area (Å²) in [4.78, 5) is 14.2. The Bertz CT molecular complexity index is 458. The van der Waals surface area contributed by atoms with Crippen LogP contribution in [0.4, 0.5) is 0 Å². The summed E-state index contributed by atoms with van der Waals surface area (Å²) in [6.45, 7) is 11.7. The zero-order chi connectivity index (χ0) is 13.5. The fraction of sp³-hybridized carbons (Fsp3) is 0.769. The monoisotopic (exact) mass is 250 g/mol. The smallest absolute Gasteiger partial charge is 0.245 e. The highest BCUT2D eigenvalue weighted by atomic mass is 16.2. The molecule has 18 heavy (non-hydrogen) atoms. The van der Waals surface area contributed by atoms with Crippen LogP contribution in [0.2, 0.25) is 0 Å². The van der Waals surface area contributed by atoms with Gasteiger partial charge >= 0.3 is 0 Å². The standard InChI is InChI=1S/C13H22N4O/c1-6-7-16-8-10-14-15-12(13(3,4)5)17(10)9(2)11(16)18/h9H,6-8H2,1-5H3/t9-/m1/s1. The molecule has 2 rings (SSSR count). The molecule has 0 fully saturated rings. The van der Waals surface area contributed by atoms with E-state index in [-0.39, 0.29) is 17.4 Å². The molecule has 0 N–H and O–H groups in total. The number of amides is 1. The predicted molar refractivity (Wildman–Crippen MR) is 69.1 cm³/mol. The van der Waals surface area contributed by atoms with E-state index in [2.05, 4.69) is 37.9 Å². The number of carbonyl (C=O) groups excluding carboxylic acids is 1. The second kappa shape index (κ2) is 4.37. The molecular weight excluding hydrogens is 228 g/mol. The van der Waals surface area contributed by atoms with Gasteiger partial charge in [0.1, 0.15) is 11.9 Å². The quantitative estimate of drug-likeness (QED) is 0.805. The fourth-order valence-electron chi connectivity index (χ4n) is 2.43. The van der Waals surface area contributed by atoms with Crippen LogP contribution in [0, 0.1) is 0 Å². The third-order valence-electron chi connectivity index (χ3n) is 3.32. The Kier molecular flexibility index (Phi) is 3.17. The summed E-state index contributed by atoms with van der Waals surface area (Å²) >= 11 is 0. The summed E-state index contributed by atoms with van der Waals surface area (Å²) in [6, 6.07) is -0.190. The van der Waals surface area contributed by atoms with E-state index in [1.165, 1.54) is 0 Å². The molecule has 100 valence electrons. The van der Waals surface area contributed by atoms with Gasteiger partial charge in [0.05, 0.1) is 6.54 Å². The molecule has 5 heteroatoms. The number of hydrogen-bond donors (Lipinski definition) is 0. The van der Waals surface area contributed by atoms with Crippen LogP contribution in [-0.4, -0.2) is 32.1 Å². The second-order valence-corrected chi connectivity index (χ2v) is 6.00. The third kappa shape index (κ3) is 2.02. The van der Waals surface area contributed by atoms with Crippen molar-refractivity contribution in [3.05, 3.63) is 11.6 Å². The molecule has 5 nitrogen and oxygen atoms in total. The van der Waals surface area contributed by atoms with E-state index >= 15 is 0 Å². The van der Waals surface area contributed by atoms with Crippen LogP contribution in [0.15, 0.2) is 0 Å². The average Bonchev–Trinajstić information content (AvgIpc) is 2.69. The minimum atomic E-state index is -0.190. The van der Waals surface area contributed by atoms with Gasteiger partial charge in [-0.1, -0.05) is 27.7 Å². The van der Waals surface area contributed by atoms with Crippen molar-refractivity contribution in [3.8, 4) is 0 Å². The maximum absolute atomic E-state index is 12.3. The van der Waals surface area contributed by atoms with Crippen molar-refractivity contribution in [2.75, 3.05) is 6.54 Å². The van der Waals surface area contributed by atoms with E-state index in [4.69, 9.17) is 0 Å². The zero-order valence-electron chi connectivity index (χ0n) is 11.9. The molecule has 1 aromatic rings. The molecule has 0 aromatic carbocycles. The highest BCUT2D eigenvalue weighted by molar-refractivity contribution is 5.81. The number of aromatic nitrogens is 3. The second-order valence-electron chi connectivity index (χ2n) is 6.00. The average molecular weight is 250 g/mol. The zero-order valence-corrected chi connectivity index (χ0v) is 11.9. The Morgan fingerprint density at radius 2 is 2.00 bits per heavy atom. The fourth-order valence-corrected chi connectivity index (χ4v) is 2.43. The van der Waals surface area contributed by atoms with Crippen LogP contribution in [0.1, 0.15) is 58.7 Å². The summed E-state index contributed by atoms with van der Waals surface area (Å²) in [7, 11) is 0. The lowest BCUT2D eigenvalue weighted by molar-refractivity contribution is -0.137. The van der Waals surface area contributed by atoms with Crippen molar-refractivity contribution in [3.63, 3.8) is 0 Å². The Balaban J connectivity index is 2.42. The topological polar surface area (TPSA) is 51.0 Å². The van der Waals surface area contributed by atoms with E-state index in [9.17, 15) is 4.79 Å². The van der Waals surface area contributed by atoms with Gasteiger partial charge in [0.25, 0.3) is 0 Å². The summed E-state index contributed by atoms with van der Waals surface area (Å²) < 4.78 is 2.01. The summed E-state index contributed by atoms with van der Waals surface area (Å²) in [5, 5.41) is 8.54. The predicted octanol–water partition coefficient (Wildman–Crippen LogP) is 1.89. The number of hydrogen-bond acceptors (Lipinski definition) is 3. The lowest BCUT2D eigenvalue weighted by atomic mass is 9.95. The van der Waals surface area contributed by atoms with Crippen LogP contribution in [0.3, 0.4) is 0 Å². The Labute approximate surface area is 108 Å². The van der Waals surface area contributed by atoms with Gasteiger partial charge in [0.15, 0.2) is 5.82 Å². The summed E-state index contributed by atoms with van der Waals surface area (Å²) in [6.07, 6.45) is 0.971. The first-order valence-electron chi connectivity index (χ1n) is 6.59. The lowest BCUT2D eigenvalue weighted by Gasteiger charge is -2.33. The van der Waals surface area contributed by atoms with Crippen LogP contribution in [-0.2, 0) is 16.8 Å². The summed E-state index contributed by atoms with van der Waals surface area (Å²) in [5.74, 6) is 1.98. The molecule has 1 aliphatic heterocycles. The molecule has 0 saturated carbocycles. The minimum Gasteiger partial charge on any atom is -0.333 e. The molecular formula is C13H22N4O. The number of rotatable bonds is 2. The van der Waals surface area contributed by atoms with Crippen molar-refractivity contribution < 1.29 is 4.79 Å². The molecule has 1 atom stereocenters. The van der Waals surface area contributed by atoms with E-state index in [1.807, 2.05) is 16.4 Å². The highest BCUT2D eigenvalue weighted by Gasteiger charge is 2.35. The molecule has 0 saturated heterocycles. The maximum Gasteiger partial charge on any atom is 0.245 e. The molecule has 1 amide bonds. The van der Waals surface area contributed by atoms with Gasteiger partial charge in [-0.2, -0.15) is 0 Å². The lowest BCUT2D eigenvalue weighted by Crippen LogP contribution is -2.43. The number of fused-ring (bicyclic) bond motifs is 1. The van der Waals surface area contributed by atoms with E-state index in [0.717, 1.165) is 24.6 Å².